The third-order valence-corrected chi connectivity index (χ3v) is 2.95. The molecule has 8 heteroatoms. The minimum atomic E-state index is -2.95. The number of likely N-dealkylation sites (N-methyl/N-ethyl adjacent to an activating group) is 1. The minimum Gasteiger partial charge on any atom is -0.493 e. The number of hydrogen-bond acceptors (Lipinski definition) is 4. The van der Waals surface area contributed by atoms with E-state index in [0.717, 1.165) is 0 Å². The Labute approximate surface area is 128 Å². The smallest absolute Gasteiger partial charge is 0.387 e. The summed E-state index contributed by atoms with van der Waals surface area (Å²) in [6.07, 6.45) is 0. The van der Waals surface area contributed by atoms with Crippen LogP contribution in [-0.4, -0.2) is 44.2 Å². The van der Waals surface area contributed by atoms with Crippen molar-refractivity contribution in [3.05, 3.63) is 23.8 Å². The zero-order valence-electron chi connectivity index (χ0n) is 12.0. The summed E-state index contributed by atoms with van der Waals surface area (Å²) in [5.41, 5.74) is 5.81. The molecule has 0 aliphatic heterocycles. The monoisotopic (exact) mass is 324 g/mol. The van der Waals surface area contributed by atoms with Crippen molar-refractivity contribution < 1.29 is 23.0 Å². The van der Waals surface area contributed by atoms with Crippen LogP contribution in [0.25, 0.3) is 0 Å². The largest absolute Gasteiger partial charge is 0.493 e. The lowest BCUT2D eigenvalue weighted by atomic mass is 10.1. The molecule has 1 amide bonds. The Morgan fingerprint density at radius 1 is 1.38 bits per heavy atom. The summed E-state index contributed by atoms with van der Waals surface area (Å²) in [5, 5.41) is 0. The van der Waals surface area contributed by atoms with Gasteiger partial charge in [0.2, 0.25) is 0 Å². The summed E-state index contributed by atoms with van der Waals surface area (Å²) in [6, 6.07) is 3.91. The topological polar surface area (TPSA) is 64.8 Å². The quantitative estimate of drug-likeness (QED) is 0.870. The van der Waals surface area contributed by atoms with Crippen molar-refractivity contribution in [2.45, 2.75) is 19.6 Å². The minimum absolute atomic E-state index is 0. The molecule has 0 saturated heterocycles. The van der Waals surface area contributed by atoms with Crippen molar-refractivity contribution in [3.63, 3.8) is 0 Å². The molecule has 1 atom stereocenters. The van der Waals surface area contributed by atoms with E-state index in [-0.39, 0.29) is 35.9 Å². The zero-order valence-corrected chi connectivity index (χ0v) is 12.8. The average molecular weight is 325 g/mol. The number of alkyl halides is 2. The first-order valence-corrected chi connectivity index (χ1v) is 6.00. The van der Waals surface area contributed by atoms with Gasteiger partial charge in [0.25, 0.3) is 5.91 Å². The maximum Gasteiger partial charge on any atom is 0.387 e. The van der Waals surface area contributed by atoms with Gasteiger partial charge in [0.15, 0.2) is 11.5 Å². The number of carbonyl (C=O) groups excluding carboxylic acids is 1. The van der Waals surface area contributed by atoms with E-state index in [2.05, 4.69) is 4.74 Å². The number of rotatable bonds is 6. The maximum atomic E-state index is 12.2. The van der Waals surface area contributed by atoms with Crippen LogP contribution in [0, 0.1) is 0 Å². The van der Waals surface area contributed by atoms with E-state index in [4.69, 9.17) is 10.5 Å². The molecule has 0 heterocycles. The number of methoxy groups -OCH3 is 1. The van der Waals surface area contributed by atoms with Gasteiger partial charge in [0, 0.05) is 25.2 Å². The molecule has 21 heavy (non-hydrogen) atoms. The fourth-order valence-corrected chi connectivity index (χ4v) is 1.56. The Hall–Kier alpha value is -1.60. The Morgan fingerprint density at radius 3 is 2.48 bits per heavy atom. The van der Waals surface area contributed by atoms with E-state index < -0.39 is 6.61 Å². The normalized spacial score (nSPS) is 11.6. The van der Waals surface area contributed by atoms with Gasteiger partial charge in [-0.15, -0.1) is 12.4 Å². The van der Waals surface area contributed by atoms with Crippen LogP contribution in [0.3, 0.4) is 0 Å². The molecule has 0 aliphatic carbocycles. The summed E-state index contributed by atoms with van der Waals surface area (Å²) in [7, 11) is 2.93. The van der Waals surface area contributed by atoms with Crippen molar-refractivity contribution in [1.82, 2.24) is 4.90 Å². The summed E-state index contributed by atoms with van der Waals surface area (Å²) in [5.74, 6) is -0.316. The van der Waals surface area contributed by atoms with Gasteiger partial charge in [-0.3, -0.25) is 4.79 Å². The van der Waals surface area contributed by atoms with Crippen LogP contribution in [0.1, 0.15) is 17.3 Å². The molecule has 1 aromatic carbocycles. The first kappa shape index (κ1) is 19.4. The molecule has 5 nitrogen and oxygen atoms in total. The standard InChI is InChI=1S/C13H18F2N2O3.ClH/c1-8(7-16)17(2)12(18)9-4-5-10(20-13(14)15)11(6-9)19-3;/h4-6,8,13H,7,16H2,1-3H3;1H. The first-order chi connectivity index (χ1) is 9.40. The van der Waals surface area contributed by atoms with Gasteiger partial charge >= 0.3 is 6.61 Å². The van der Waals surface area contributed by atoms with Crippen molar-refractivity contribution in [1.29, 1.82) is 0 Å². The highest BCUT2D eigenvalue weighted by Crippen LogP contribution is 2.29. The van der Waals surface area contributed by atoms with Gasteiger partial charge in [0.1, 0.15) is 0 Å². The van der Waals surface area contributed by atoms with Gasteiger partial charge in [0.05, 0.1) is 7.11 Å². The van der Waals surface area contributed by atoms with E-state index in [0.29, 0.717) is 12.1 Å². The molecule has 0 aromatic heterocycles. The van der Waals surface area contributed by atoms with E-state index in [1.165, 1.54) is 30.2 Å². The second kappa shape index (κ2) is 8.63. The lowest BCUT2D eigenvalue weighted by Gasteiger charge is -2.24. The van der Waals surface area contributed by atoms with Crippen molar-refractivity contribution in [2.75, 3.05) is 20.7 Å². The molecule has 1 rings (SSSR count). The molecule has 2 N–H and O–H groups in total. The number of nitrogens with two attached hydrogens (primary N) is 1. The van der Waals surface area contributed by atoms with Crippen LogP contribution >= 0.6 is 12.4 Å². The highest BCUT2D eigenvalue weighted by molar-refractivity contribution is 5.95. The molecular formula is C13H19ClF2N2O3. The second-order valence-corrected chi connectivity index (χ2v) is 4.24. The molecule has 120 valence electrons. The maximum absolute atomic E-state index is 12.2. The summed E-state index contributed by atoms with van der Waals surface area (Å²) >= 11 is 0. The number of nitrogens with zero attached hydrogens (tertiary/aromatic N) is 1. The van der Waals surface area contributed by atoms with Crippen LogP contribution in [0.2, 0.25) is 0 Å². The summed E-state index contributed by atoms with van der Waals surface area (Å²) in [6.45, 7) is -0.819. The number of benzene rings is 1. The van der Waals surface area contributed by atoms with Crippen LogP contribution < -0.4 is 15.2 Å². The molecule has 1 unspecified atom stereocenters. The second-order valence-electron chi connectivity index (χ2n) is 4.24. The SMILES string of the molecule is COc1cc(C(=O)N(C)C(C)CN)ccc1OC(F)F.Cl. The van der Waals surface area contributed by atoms with Gasteiger partial charge in [-0.2, -0.15) is 8.78 Å². The van der Waals surface area contributed by atoms with Crippen LogP contribution in [0.4, 0.5) is 8.78 Å². The van der Waals surface area contributed by atoms with Gasteiger partial charge in [-0.1, -0.05) is 0 Å². The molecule has 0 radical (unpaired) electrons. The van der Waals surface area contributed by atoms with Crippen molar-refractivity contribution in [2.24, 2.45) is 5.73 Å². The van der Waals surface area contributed by atoms with E-state index in [9.17, 15) is 13.6 Å². The molecule has 0 saturated carbocycles. The predicted octanol–water partition coefficient (Wildman–Crippen LogP) is 2.14. The van der Waals surface area contributed by atoms with Gasteiger partial charge < -0.3 is 20.1 Å². The molecule has 0 fully saturated rings. The van der Waals surface area contributed by atoms with Gasteiger partial charge in [-0.05, 0) is 25.1 Å². The Balaban J connectivity index is 0.00000400. The fraction of sp³-hybridized carbons (Fsp3) is 0.462. The number of amides is 1. The van der Waals surface area contributed by atoms with Gasteiger partial charge in [-0.25, -0.2) is 0 Å². The Morgan fingerprint density at radius 2 is 2.00 bits per heavy atom. The lowest BCUT2D eigenvalue weighted by Crippen LogP contribution is -2.39. The van der Waals surface area contributed by atoms with Crippen molar-refractivity contribution in [3.8, 4) is 11.5 Å². The fourth-order valence-electron chi connectivity index (χ4n) is 1.56. The molecule has 1 aromatic rings. The van der Waals surface area contributed by atoms with Crippen LogP contribution in [-0.2, 0) is 0 Å². The number of hydrogen-bond donors (Lipinski definition) is 1. The van der Waals surface area contributed by atoms with Crippen LogP contribution in [0.15, 0.2) is 18.2 Å². The highest BCUT2D eigenvalue weighted by Gasteiger charge is 2.19. The third-order valence-electron chi connectivity index (χ3n) is 2.95. The Bertz CT molecular complexity index is 475. The van der Waals surface area contributed by atoms with E-state index in [1.54, 1.807) is 7.05 Å². The van der Waals surface area contributed by atoms with Crippen LogP contribution in [0.5, 0.6) is 11.5 Å². The van der Waals surface area contributed by atoms with E-state index >= 15 is 0 Å². The zero-order chi connectivity index (χ0) is 15.3. The molecule has 0 aliphatic rings. The molecule has 0 spiro atoms. The average Bonchev–Trinajstić information content (AvgIpc) is 2.44. The number of halogens is 3. The number of ether oxygens (including phenoxy) is 2. The summed E-state index contributed by atoms with van der Waals surface area (Å²) < 4.78 is 33.7. The Kier molecular flexibility index (Phi) is 7.98. The van der Waals surface area contributed by atoms with Crippen molar-refractivity contribution >= 4 is 18.3 Å². The van der Waals surface area contributed by atoms with E-state index in [1.807, 2.05) is 6.92 Å². The highest BCUT2D eigenvalue weighted by atomic mass is 35.5. The molecule has 0 bridgehead atoms. The summed E-state index contributed by atoms with van der Waals surface area (Å²) in [4.78, 5) is 13.6. The predicted molar refractivity (Wildman–Crippen MR) is 77.5 cm³/mol. The third kappa shape index (κ3) is 5.02. The molecular weight excluding hydrogens is 306 g/mol. The lowest BCUT2D eigenvalue weighted by molar-refractivity contribution is -0.0512. The number of carbonyl (C=O) groups is 1. The first-order valence-electron chi connectivity index (χ1n) is 6.00.